The van der Waals surface area contributed by atoms with Crippen LogP contribution in [0.3, 0.4) is 0 Å². The standard InChI is InChI=1S/C19H17ClN2O3S/c20-18-7-4-14(5-8-18)12-22-13-17(6-9-19(22)23)16-3-1-2-15(10-16)11-21-26(24)25/h1-10,13,26H,11-12H2,(H,21,24,25). The molecule has 0 atom stereocenters. The van der Waals surface area contributed by atoms with Crippen molar-refractivity contribution in [1.82, 2.24) is 9.29 Å². The minimum atomic E-state index is -2.63. The Morgan fingerprint density at radius 1 is 0.923 bits per heavy atom. The maximum atomic E-state index is 12.2. The predicted molar refractivity (Wildman–Crippen MR) is 104 cm³/mol. The van der Waals surface area contributed by atoms with Gasteiger partial charge in [0, 0.05) is 23.8 Å². The summed E-state index contributed by atoms with van der Waals surface area (Å²) < 4.78 is 25.4. The van der Waals surface area contributed by atoms with Gasteiger partial charge in [-0.25, -0.2) is 13.1 Å². The molecule has 0 aliphatic carbocycles. The Hall–Kier alpha value is -2.41. The largest absolute Gasteiger partial charge is 0.310 e. The van der Waals surface area contributed by atoms with Crippen LogP contribution in [0.15, 0.2) is 71.7 Å². The molecular weight excluding hydrogens is 372 g/mol. The molecule has 0 aliphatic rings. The lowest BCUT2D eigenvalue weighted by Gasteiger charge is -2.10. The number of hydrogen-bond acceptors (Lipinski definition) is 3. The highest BCUT2D eigenvalue weighted by molar-refractivity contribution is 7.70. The molecule has 0 saturated heterocycles. The molecule has 5 nitrogen and oxygen atoms in total. The Morgan fingerprint density at radius 2 is 1.69 bits per heavy atom. The van der Waals surface area contributed by atoms with Gasteiger partial charge in [0.05, 0.1) is 6.54 Å². The normalized spacial score (nSPS) is 11.0. The Morgan fingerprint density at radius 3 is 2.42 bits per heavy atom. The van der Waals surface area contributed by atoms with Gasteiger partial charge < -0.3 is 4.57 Å². The third-order valence-electron chi connectivity index (χ3n) is 3.92. The molecular formula is C19H17ClN2O3S. The Kier molecular flexibility index (Phi) is 5.88. The van der Waals surface area contributed by atoms with Crippen LogP contribution < -0.4 is 10.3 Å². The number of nitrogens with zero attached hydrogens (tertiary/aromatic N) is 1. The highest BCUT2D eigenvalue weighted by atomic mass is 35.5. The SMILES string of the molecule is O=c1ccc(-c2cccc(CN[SH](=O)=O)c2)cn1Cc1ccc(Cl)cc1. The predicted octanol–water partition coefficient (Wildman–Crippen LogP) is 2.83. The first-order valence-electron chi connectivity index (χ1n) is 7.93. The van der Waals surface area contributed by atoms with Gasteiger partial charge in [-0.3, -0.25) is 4.79 Å². The lowest BCUT2D eigenvalue weighted by Crippen LogP contribution is -2.19. The van der Waals surface area contributed by atoms with Gasteiger partial charge in [0.25, 0.3) is 5.56 Å². The molecule has 0 unspecified atom stereocenters. The smallest absolute Gasteiger partial charge is 0.250 e. The summed E-state index contributed by atoms with van der Waals surface area (Å²) in [5, 5.41) is 0.653. The lowest BCUT2D eigenvalue weighted by molar-refractivity contribution is 0.601. The van der Waals surface area contributed by atoms with Crippen molar-refractivity contribution in [1.29, 1.82) is 0 Å². The third-order valence-corrected chi connectivity index (χ3v) is 4.59. The summed E-state index contributed by atoms with van der Waals surface area (Å²) in [6, 6.07) is 18.2. The van der Waals surface area contributed by atoms with Gasteiger partial charge in [-0.05, 0) is 46.5 Å². The lowest BCUT2D eigenvalue weighted by atomic mass is 10.0. The number of aromatic nitrogens is 1. The van der Waals surface area contributed by atoms with Crippen LogP contribution >= 0.6 is 11.6 Å². The van der Waals surface area contributed by atoms with E-state index in [4.69, 9.17) is 11.6 Å². The van der Waals surface area contributed by atoms with Crippen molar-refractivity contribution in [3.05, 3.63) is 93.4 Å². The number of benzene rings is 2. The first kappa shape index (κ1) is 18.4. The van der Waals surface area contributed by atoms with E-state index in [1.807, 2.05) is 36.4 Å². The maximum Gasteiger partial charge on any atom is 0.250 e. The zero-order chi connectivity index (χ0) is 18.5. The number of nitrogens with one attached hydrogen (secondary N) is 1. The molecule has 1 aromatic heterocycles. The molecule has 0 radical (unpaired) electrons. The van der Waals surface area contributed by atoms with Gasteiger partial charge >= 0.3 is 0 Å². The van der Waals surface area contributed by atoms with E-state index in [9.17, 15) is 13.2 Å². The van der Waals surface area contributed by atoms with Crippen LogP contribution in [0.5, 0.6) is 0 Å². The van der Waals surface area contributed by atoms with Crippen molar-refractivity contribution >= 4 is 22.5 Å². The highest BCUT2D eigenvalue weighted by Gasteiger charge is 2.04. The van der Waals surface area contributed by atoms with Crippen LogP contribution in [0.4, 0.5) is 0 Å². The van der Waals surface area contributed by atoms with Crippen molar-refractivity contribution < 1.29 is 8.42 Å². The third kappa shape index (κ3) is 4.82. The van der Waals surface area contributed by atoms with Gasteiger partial charge in [-0.15, -0.1) is 0 Å². The summed E-state index contributed by atoms with van der Waals surface area (Å²) in [7, 11) is -2.63. The topological polar surface area (TPSA) is 68.2 Å². The van der Waals surface area contributed by atoms with Crippen LogP contribution in [0.1, 0.15) is 11.1 Å². The van der Waals surface area contributed by atoms with E-state index < -0.39 is 10.9 Å². The Labute approximate surface area is 158 Å². The van der Waals surface area contributed by atoms with Gasteiger partial charge in [0.2, 0.25) is 10.9 Å². The van der Waals surface area contributed by atoms with Crippen molar-refractivity contribution in [3.8, 4) is 11.1 Å². The molecule has 0 aliphatic heterocycles. The second-order valence-corrected chi connectivity index (χ2v) is 7.07. The monoisotopic (exact) mass is 388 g/mol. The van der Waals surface area contributed by atoms with Crippen LogP contribution in [-0.4, -0.2) is 13.0 Å². The average molecular weight is 389 g/mol. The van der Waals surface area contributed by atoms with Crippen molar-refractivity contribution in [2.45, 2.75) is 13.1 Å². The van der Waals surface area contributed by atoms with E-state index in [1.54, 1.807) is 29.0 Å². The number of halogens is 1. The molecule has 3 aromatic rings. The second kappa shape index (κ2) is 8.31. The molecule has 0 spiro atoms. The minimum Gasteiger partial charge on any atom is -0.310 e. The van der Waals surface area contributed by atoms with Crippen LogP contribution in [-0.2, 0) is 24.0 Å². The van der Waals surface area contributed by atoms with Crippen LogP contribution in [0.2, 0.25) is 5.02 Å². The molecule has 0 bridgehead atoms. The van der Waals surface area contributed by atoms with Crippen molar-refractivity contribution in [3.63, 3.8) is 0 Å². The number of pyridine rings is 1. The molecule has 1 N–H and O–H groups in total. The molecule has 3 rings (SSSR count). The molecule has 26 heavy (non-hydrogen) atoms. The highest BCUT2D eigenvalue weighted by Crippen LogP contribution is 2.20. The Bertz CT molecular complexity index is 1040. The fraction of sp³-hybridized carbons (Fsp3) is 0.105. The summed E-state index contributed by atoms with van der Waals surface area (Å²) in [5.41, 5.74) is 3.52. The van der Waals surface area contributed by atoms with E-state index in [0.29, 0.717) is 11.6 Å². The summed E-state index contributed by atoms with van der Waals surface area (Å²) in [4.78, 5) is 12.2. The quantitative estimate of drug-likeness (QED) is 0.638. The van der Waals surface area contributed by atoms with Gasteiger partial charge in [-0.2, -0.15) is 0 Å². The molecule has 0 fully saturated rings. The zero-order valence-electron chi connectivity index (χ0n) is 13.8. The summed E-state index contributed by atoms with van der Waals surface area (Å²) in [5.74, 6) is 0. The van der Waals surface area contributed by atoms with E-state index in [0.717, 1.165) is 22.3 Å². The van der Waals surface area contributed by atoms with E-state index >= 15 is 0 Å². The second-order valence-electron chi connectivity index (χ2n) is 5.80. The minimum absolute atomic E-state index is 0.0927. The molecule has 0 amide bonds. The van der Waals surface area contributed by atoms with E-state index in [2.05, 4.69) is 4.72 Å². The van der Waals surface area contributed by atoms with Crippen molar-refractivity contribution in [2.75, 3.05) is 0 Å². The number of thiol groups is 1. The first-order chi connectivity index (χ1) is 12.5. The number of rotatable bonds is 6. The fourth-order valence-corrected chi connectivity index (χ4v) is 3.07. The summed E-state index contributed by atoms with van der Waals surface area (Å²) in [6.45, 7) is 0.679. The van der Waals surface area contributed by atoms with E-state index in [1.165, 1.54) is 6.07 Å². The van der Waals surface area contributed by atoms with Crippen molar-refractivity contribution in [2.24, 2.45) is 0 Å². The van der Waals surface area contributed by atoms with Gasteiger partial charge in [0.1, 0.15) is 0 Å². The molecule has 0 saturated carbocycles. The van der Waals surface area contributed by atoms with Gasteiger partial charge in [-0.1, -0.05) is 41.9 Å². The molecule has 134 valence electrons. The van der Waals surface area contributed by atoms with Crippen LogP contribution in [0, 0.1) is 0 Å². The summed E-state index contributed by atoms with van der Waals surface area (Å²) in [6.07, 6.45) is 1.80. The molecule has 2 aromatic carbocycles. The average Bonchev–Trinajstić information content (AvgIpc) is 2.64. The Balaban J connectivity index is 1.88. The zero-order valence-corrected chi connectivity index (χ0v) is 15.4. The molecule has 1 heterocycles. The number of hydrogen-bond donors (Lipinski definition) is 2. The maximum absolute atomic E-state index is 12.2. The first-order valence-corrected chi connectivity index (χ1v) is 9.49. The van der Waals surface area contributed by atoms with E-state index in [-0.39, 0.29) is 12.1 Å². The van der Waals surface area contributed by atoms with Crippen LogP contribution in [0.25, 0.3) is 11.1 Å². The summed E-state index contributed by atoms with van der Waals surface area (Å²) >= 11 is 5.90. The fourth-order valence-electron chi connectivity index (χ4n) is 2.63. The van der Waals surface area contributed by atoms with Gasteiger partial charge in [0.15, 0.2) is 0 Å². The molecule has 7 heteroatoms.